The lowest BCUT2D eigenvalue weighted by Gasteiger charge is -2.23. The van der Waals surface area contributed by atoms with Gasteiger partial charge in [-0.05, 0) is 37.3 Å². The molecule has 0 unspecified atom stereocenters. The van der Waals surface area contributed by atoms with Crippen LogP contribution in [-0.2, 0) is 6.42 Å². The number of anilines is 1. The van der Waals surface area contributed by atoms with Crippen LogP contribution in [0, 0.1) is 6.92 Å². The van der Waals surface area contributed by atoms with E-state index >= 15 is 0 Å². The van der Waals surface area contributed by atoms with Gasteiger partial charge in [-0.3, -0.25) is 0 Å². The number of amides is 2. The van der Waals surface area contributed by atoms with Gasteiger partial charge < -0.3 is 5.32 Å². The molecule has 2 rings (SSSR count). The average molecular weight is 278 g/mol. The lowest BCUT2D eigenvalue weighted by atomic mass is 10.1. The molecule has 1 aromatic carbocycles. The van der Waals surface area contributed by atoms with E-state index in [1.165, 1.54) is 17.1 Å². The highest BCUT2D eigenvalue weighted by Gasteiger charge is 2.22. The van der Waals surface area contributed by atoms with Crippen LogP contribution in [0.5, 0.6) is 0 Å². The normalized spacial score (nSPS) is 15.5. The fraction of sp³-hybridized carbons (Fsp3) is 0.533. The first-order valence-electron chi connectivity index (χ1n) is 7.01. The summed E-state index contributed by atoms with van der Waals surface area (Å²) in [6.45, 7) is 4.11. The minimum atomic E-state index is -0.112. The Hall–Kier alpha value is -1.16. The van der Waals surface area contributed by atoms with Crippen LogP contribution in [0.15, 0.2) is 18.2 Å². The summed E-state index contributed by atoms with van der Waals surface area (Å²) in [7, 11) is 0. The van der Waals surface area contributed by atoms with Crippen LogP contribution in [-0.4, -0.2) is 12.1 Å². The summed E-state index contributed by atoms with van der Waals surface area (Å²) in [6.07, 6.45) is 5.48. The zero-order valence-electron chi connectivity index (χ0n) is 11.6. The van der Waals surface area contributed by atoms with Gasteiger partial charge in [0.25, 0.3) is 0 Å². The molecule has 19 heavy (non-hydrogen) atoms. The maximum atomic E-state index is 12.3. The van der Waals surface area contributed by atoms with Gasteiger partial charge in [0.05, 0.1) is 5.69 Å². The third-order valence-corrected chi connectivity index (χ3v) is 4.17. The molecule has 0 saturated heterocycles. The van der Waals surface area contributed by atoms with Gasteiger partial charge in [-0.1, -0.05) is 50.8 Å². The highest BCUT2D eigenvalue weighted by atomic mass is 32.1. The monoisotopic (exact) mass is 278 g/mol. The Morgan fingerprint density at radius 2 is 2.11 bits per heavy atom. The quantitative estimate of drug-likeness (QED) is 0.809. The Morgan fingerprint density at radius 1 is 1.42 bits per heavy atom. The molecular formula is C15H22N2OS. The summed E-state index contributed by atoms with van der Waals surface area (Å²) in [4.78, 5) is 12.3. The Balaban J connectivity index is 2.13. The van der Waals surface area contributed by atoms with E-state index in [2.05, 4.69) is 31.1 Å². The lowest BCUT2D eigenvalue weighted by Crippen LogP contribution is -2.40. The summed E-state index contributed by atoms with van der Waals surface area (Å²) < 4.78 is 1.46. The number of rotatable bonds is 3. The number of aryl methyl sites for hydroxylation is 2. The van der Waals surface area contributed by atoms with E-state index in [0.717, 1.165) is 36.1 Å². The second-order valence-electron chi connectivity index (χ2n) is 5.18. The molecule has 3 nitrogen and oxygen atoms in total. The van der Waals surface area contributed by atoms with E-state index in [-0.39, 0.29) is 6.03 Å². The topological polar surface area (TPSA) is 32.3 Å². The summed E-state index contributed by atoms with van der Waals surface area (Å²) in [5.41, 5.74) is 3.15. The molecule has 1 aromatic rings. The lowest BCUT2D eigenvalue weighted by molar-refractivity contribution is 0.246. The number of carbonyl (C=O) groups is 1. The van der Waals surface area contributed by atoms with Crippen molar-refractivity contribution in [2.75, 3.05) is 4.31 Å². The van der Waals surface area contributed by atoms with Gasteiger partial charge in [0.1, 0.15) is 0 Å². The van der Waals surface area contributed by atoms with Crippen molar-refractivity contribution in [1.82, 2.24) is 5.32 Å². The van der Waals surface area contributed by atoms with Gasteiger partial charge in [0.15, 0.2) is 0 Å². The molecule has 1 N–H and O–H groups in total. The molecule has 0 radical (unpaired) electrons. The maximum absolute atomic E-state index is 12.3. The molecule has 2 amide bonds. The molecule has 0 atom stereocenters. The van der Waals surface area contributed by atoms with Crippen LogP contribution in [0.3, 0.4) is 0 Å². The van der Waals surface area contributed by atoms with Crippen LogP contribution in [0.2, 0.25) is 0 Å². The first-order chi connectivity index (χ1) is 9.13. The number of nitrogens with zero attached hydrogens (tertiary/aromatic N) is 1. The van der Waals surface area contributed by atoms with Gasteiger partial charge >= 0.3 is 6.03 Å². The standard InChI is InChI=1S/C15H22N2OS/c1-3-12-8-6-7-11(2)14(12)17(19)15(18)16-13-9-4-5-10-13/h6-8,13,19H,3-5,9-10H2,1-2H3,(H,16,18). The largest absolute Gasteiger partial charge is 0.334 e. The first kappa shape index (κ1) is 14.3. The fourth-order valence-corrected chi connectivity index (χ4v) is 3.06. The van der Waals surface area contributed by atoms with E-state index in [9.17, 15) is 4.79 Å². The van der Waals surface area contributed by atoms with Crippen molar-refractivity contribution in [2.24, 2.45) is 0 Å². The number of urea groups is 1. The number of nitrogens with one attached hydrogen (secondary N) is 1. The Labute approximate surface area is 120 Å². The Kier molecular flexibility index (Phi) is 4.75. The van der Waals surface area contributed by atoms with Crippen molar-refractivity contribution in [3.63, 3.8) is 0 Å². The minimum Gasteiger partial charge on any atom is -0.334 e. The fourth-order valence-electron chi connectivity index (χ4n) is 2.72. The predicted molar refractivity (Wildman–Crippen MR) is 82.8 cm³/mol. The smallest absolute Gasteiger partial charge is 0.332 e. The minimum absolute atomic E-state index is 0.112. The van der Waals surface area contributed by atoms with Crippen LogP contribution in [0.4, 0.5) is 10.5 Å². The summed E-state index contributed by atoms with van der Waals surface area (Å²) in [5.74, 6) is 0. The first-order valence-corrected chi connectivity index (χ1v) is 7.41. The molecule has 1 aliphatic rings. The highest BCUT2D eigenvalue weighted by Crippen LogP contribution is 2.28. The SMILES string of the molecule is CCc1cccc(C)c1N(S)C(=O)NC1CCCC1. The van der Waals surface area contributed by atoms with Gasteiger partial charge in [-0.15, -0.1) is 0 Å². The summed E-state index contributed by atoms with van der Waals surface area (Å²) >= 11 is 4.40. The molecule has 0 aromatic heterocycles. The Bertz CT molecular complexity index is 455. The molecular weight excluding hydrogens is 256 g/mol. The number of para-hydroxylation sites is 1. The summed E-state index contributed by atoms with van der Waals surface area (Å²) in [5, 5.41) is 3.07. The van der Waals surface area contributed by atoms with E-state index in [4.69, 9.17) is 0 Å². The molecule has 1 fully saturated rings. The van der Waals surface area contributed by atoms with Gasteiger partial charge in [0, 0.05) is 6.04 Å². The Morgan fingerprint density at radius 3 is 2.74 bits per heavy atom. The number of benzene rings is 1. The van der Waals surface area contributed by atoms with Crippen LogP contribution in [0.25, 0.3) is 0 Å². The molecule has 0 aliphatic heterocycles. The van der Waals surface area contributed by atoms with Gasteiger partial charge in [-0.25, -0.2) is 9.10 Å². The van der Waals surface area contributed by atoms with E-state index in [1.807, 2.05) is 19.1 Å². The molecule has 0 heterocycles. The van der Waals surface area contributed by atoms with Crippen LogP contribution >= 0.6 is 12.8 Å². The third-order valence-electron chi connectivity index (χ3n) is 3.79. The van der Waals surface area contributed by atoms with Crippen molar-refractivity contribution in [3.05, 3.63) is 29.3 Å². The number of thiol groups is 1. The van der Waals surface area contributed by atoms with Crippen molar-refractivity contribution >= 4 is 24.5 Å². The highest BCUT2D eigenvalue weighted by molar-refractivity contribution is 7.82. The van der Waals surface area contributed by atoms with E-state index < -0.39 is 0 Å². The van der Waals surface area contributed by atoms with Crippen molar-refractivity contribution in [2.45, 2.75) is 52.0 Å². The van der Waals surface area contributed by atoms with Gasteiger partial charge in [0.2, 0.25) is 0 Å². The zero-order valence-corrected chi connectivity index (χ0v) is 12.5. The van der Waals surface area contributed by atoms with Crippen molar-refractivity contribution in [1.29, 1.82) is 0 Å². The number of hydrogen-bond acceptors (Lipinski definition) is 2. The third kappa shape index (κ3) is 3.24. The molecule has 104 valence electrons. The molecule has 1 aliphatic carbocycles. The second-order valence-corrected chi connectivity index (χ2v) is 5.58. The maximum Gasteiger partial charge on any atom is 0.332 e. The second kappa shape index (κ2) is 6.33. The number of carbonyl (C=O) groups excluding carboxylic acids is 1. The average Bonchev–Trinajstić information content (AvgIpc) is 2.90. The number of hydrogen-bond donors (Lipinski definition) is 2. The van der Waals surface area contributed by atoms with Crippen LogP contribution in [0.1, 0.15) is 43.7 Å². The zero-order chi connectivity index (χ0) is 13.8. The van der Waals surface area contributed by atoms with Crippen molar-refractivity contribution < 1.29 is 4.79 Å². The molecule has 0 spiro atoms. The van der Waals surface area contributed by atoms with E-state index in [1.54, 1.807) is 0 Å². The van der Waals surface area contributed by atoms with E-state index in [0.29, 0.717) is 6.04 Å². The molecule has 4 heteroatoms. The molecule has 0 bridgehead atoms. The van der Waals surface area contributed by atoms with Crippen LogP contribution < -0.4 is 9.62 Å². The van der Waals surface area contributed by atoms with Crippen molar-refractivity contribution in [3.8, 4) is 0 Å². The van der Waals surface area contributed by atoms with Gasteiger partial charge in [-0.2, -0.15) is 0 Å². The summed E-state index contributed by atoms with van der Waals surface area (Å²) in [6, 6.07) is 6.29. The molecule has 1 saturated carbocycles. The predicted octanol–water partition coefficient (Wildman–Crippen LogP) is 3.86.